The van der Waals surface area contributed by atoms with Gasteiger partial charge in [0.2, 0.25) is 0 Å². The number of rotatable bonds is 8. The molecule has 0 saturated heterocycles. The van der Waals surface area contributed by atoms with E-state index in [1.807, 2.05) is 6.92 Å². The van der Waals surface area contributed by atoms with Gasteiger partial charge in [0, 0.05) is 6.42 Å². The standard InChI is InChI=1S/C13H24O/c1-4-7-8-9-10-11-12(5-2)13(14)6-3/h11H,4-10H2,1-3H3. The summed E-state index contributed by atoms with van der Waals surface area (Å²) in [5.41, 5.74) is 1.03. The van der Waals surface area contributed by atoms with Crippen molar-refractivity contribution in [2.45, 2.75) is 65.7 Å². The van der Waals surface area contributed by atoms with E-state index in [1.54, 1.807) is 0 Å². The number of ketones is 1. The summed E-state index contributed by atoms with van der Waals surface area (Å²) in [4.78, 5) is 11.4. The Kier molecular flexibility index (Phi) is 8.61. The zero-order chi connectivity index (χ0) is 10.8. The van der Waals surface area contributed by atoms with Crippen LogP contribution in [0.4, 0.5) is 0 Å². The molecule has 0 N–H and O–H groups in total. The molecule has 0 aliphatic heterocycles. The number of hydrogen-bond donors (Lipinski definition) is 0. The van der Waals surface area contributed by atoms with Gasteiger partial charge in [0.05, 0.1) is 0 Å². The molecule has 0 aliphatic carbocycles. The van der Waals surface area contributed by atoms with Crippen LogP contribution in [0.5, 0.6) is 0 Å². The van der Waals surface area contributed by atoms with E-state index in [-0.39, 0.29) is 0 Å². The van der Waals surface area contributed by atoms with Crippen molar-refractivity contribution < 1.29 is 4.79 Å². The van der Waals surface area contributed by atoms with Gasteiger partial charge in [-0.3, -0.25) is 4.79 Å². The molecule has 1 heteroatoms. The molecule has 0 aromatic carbocycles. The van der Waals surface area contributed by atoms with E-state index in [0.29, 0.717) is 12.2 Å². The van der Waals surface area contributed by atoms with Gasteiger partial charge in [-0.2, -0.15) is 0 Å². The van der Waals surface area contributed by atoms with E-state index in [9.17, 15) is 4.79 Å². The maximum Gasteiger partial charge on any atom is 0.158 e. The minimum atomic E-state index is 0.322. The van der Waals surface area contributed by atoms with Crippen LogP contribution in [0, 0.1) is 0 Å². The predicted octanol–water partition coefficient (Wildman–Crippen LogP) is 4.27. The van der Waals surface area contributed by atoms with E-state index in [2.05, 4.69) is 19.9 Å². The summed E-state index contributed by atoms with van der Waals surface area (Å²) in [5, 5.41) is 0. The molecule has 0 unspecified atom stereocenters. The van der Waals surface area contributed by atoms with Crippen LogP contribution < -0.4 is 0 Å². The predicted molar refractivity (Wildman–Crippen MR) is 62.4 cm³/mol. The SMILES string of the molecule is CCCCCCC=C(CC)C(=O)CC. The smallest absolute Gasteiger partial charge is 0.158 e. The average molecular weight is 196 g/mol. The average Bonchev–Trinajstić information content (AvgIpc) is 2.22. The van der Waals surface area contributed by atoms with E-state index in [0.717, 1.165) is 18.4 Å². The molecular weight excluding hydrogens is 172 g/mol. The van der Waals surface area contributed by atoms with Crippen molar-refractivity contribution in [3.05, 3.63) is 11.6 Å². The third-order valence-corrected chi connectivity index (χ3v) is 2.51. The van der Waals surface area contributed by atoms with Crippen LogP contribution in [0.25, 0.3) is 0 Å². The first-order chi connectivity index (χ1) is 6.76. The molecule has 82 valence electrons. The highest BCUT2D eigenvalue weighted by atomic mass is 16.1. The van der Waals surface area contributed by atoms with Crippen LogP contribution in [0.1, 0.15) is 65.7 Å². The molecule has 0 radical (unpaired) electrons. The fraction of sp³-hybridized carbons (Fsp3) is 0.769. The van der Waals surface area contributed by atoms with Crippen LogP contribution in [0.2, 0.25) is 0 Å². The molecular formula is C13H24O. The Balaban J connectivity index is 3.76. The largest absolute Gasteiger partial charge is 0.295 e. The van der Waals surface area contributed by atoms with E-state index >= 15 is 0 Å². The summed E-state index contributed by atoms with van der Waals surface area (Å²) in [5.74, 6) is 0.322. The van der Waals surface area contributed by atoms with Crippen LogP contribution in [-0.4, -0.2) is 5.78 Å². The molecule has 0 saturated carbocycles. The highest BCUT2D eigenvalue weighted by Gasteiger charge is 2.02. The van der Waals surface area contributed by atoms with E-state index in [4.69, 9.17) is 0 Å². The summed E-state index contributed by atoms with van der Waals surface area (Å²) >= 11 is 0. The Labute approximate surface area is 88.6 Å². The Hall–Kier alpha value is -0.590. The molecule has 0 amide bonds. The second-order valence-corrected chi connectivity index (χ2v) is 3.71. The molecule has 14 heavy (non-hydrogen) atoms. The van der Waals surface area contributed by atoms with Crippen molar-refractivity contribution in [1.82, 2.24) is 0 Å². The normalized spacial score (nSPS) is 11.8. The van der Waals surface area contributed by atoms with Gasteiger partial charge in [-0.25, -0.2) is 0 Å². The monoisotopic (exact) mass is 196 g/mol. The third-order valence-electron chi connectivity index (χ3n) is 2.51. The summed E-state index contributed by atoms with van der Waals surface area (Å²) < 4.78 is 0. The van der Waals surface area contributed by atoms with Gasteiger partial charge in [-0.05, 0) is 24.8 Å². The lowest BCUT2D eigenvalue weighted by molar-refractivity contribution is -0.115. The number of carbonyl (C=O) groups is 1. The van der Waals surface area contributed by atoms with E-state index < -0.39 is 0 Å². The number of allylic oxidation sites excluding steroid dienone is 2. The molecule has 0 heterocycles. The lowest BCUT2D eigenvalue weighted by Gasteiger charge is -2.01. The van der Waals surface area contributed by atoms with Gasteiger partial charge in [0.15, 0.2) is 5.78 Å². The zero-order valence-corrected chi connectivity index (χ0v) is 9.94. The van der Waals surface area contributed by atoms with Crippen molar-refractivity contribution >= 4 is 5.78 Å². The Morgan fingerprint density at radius 1 is 1.00 bits per heavy atom. The van der Waals surface area contributed by atoms with Crippen molar-refractivity contribution in [2.24, 2.45) is 0 Å². The molecule has 1 nitrogen and oxygen atoms in total. The molecule has 0 aliphatic rings. The first kappa shape index (κ1) is 13.4. The van der Waals surface area contributed by atoms with Gasteiger partial charge in [0.25, 0.3) is 0 Å². The molecule has 0 aromatic rings. The Bertz CT molecular complexity index is 180. The number of carbonyl (C=O) groups excluding carboxylic acids is 1. The quantitative estimate of drug-likeness (QED) is 0.418. The van der Waals surface area contributed by atoms with Gasteiger partial charge >= 0.3 is 0 Å². The van der Waals surface area contributed by atoms with Gasteiger partial charge < -0.3 is 0 Å². The van der Waals surface area contributed by atoms with Crippen molar-refractivity contribution in [3.8, 4) is 0 Å². The maximum absolute atomic E-state index is 11.4. The topological polar surface area (TPSA) is 17.1 Å². The fourth-order valence-corrected chi connectivity index (χ4v) is 1.53. The lowest BCUT2D eigenvalue weighted by atomic mass is 10.0. The molecule has 0 fully saturated rings. The van der Waals surface area contributed by atoms with Gasteiger partial charge in [-0.15, -0.1) is 0 Å². The summed E-state index contributed by atoms with van der Waals surface area (Å²) in [6, 6.07) is 0. The first-order valence-electron chi connectivity index (χ1n) is 5.98. The summed E-state index contributed by atoms with van der Waals surface area (Å²) in [7, 11) is 0. The maximum atomic E-state index is 11.4. The van der Waals surface area contributed by atoms with Crippen molar-refractivity contribution in [3.63, 3.8) is 0 Å². The van der Waals surface area contributed by atoms with Gasteiger partial charge in [-0.1, -0.05) is 46.1 Å². The summed E-state index contributed by atoms with van der Waals surface area (Å²) in [6.45, 7) is 6.21. The lowest BCUT2D eigenvalue weighted by Crippen LogP contribution is -1.99. The number of hydrogen-bond acceptors (Lipinski definition) is 1. The van der Waals surface area contributed by atoms with Crippen LogP contribution in [0.15, 0.2) is 11.6 Å². The molecule has 0 atom stereocenters. The van der Waals surface area contributed by atoms with Crippen LogP contribution in [-0.2, 0) is 4.79 Å². The van der Waals surface area contributed by atoms with Crippen molar-refractivity contribution in [2.75, 3.05) is 0 Å². The highest BCUT2D eigenvalue weighted by molar-refractivity contribution is 5.94. The second kappa shape index (κ2) is 8.98. The minimum Gasteiger partial charge on any atom is -0.295 e. The van der Waals surface area contributed by atoms with Gasteiger partial charge in [0.1, 0.15) is 0 Å². The third kappa shape index (κ3) is 5.95. The first-order valence-corrected chi connectivity index (χ1v) is 5.98. The second-order valence-electron chi connectivity index (χ2n) is 3.71. The number of unbranched alkanes of at least 4 members (excludes halogenated alkanes) is 4. The Morgan fingerprint density at radius 3 is 2.21 bits per heavy atom. The van der Waals surface area contributed by atoms with Crippen LogP contribution >= 0.6 is 0 Å². The fourth-order valence-electron chi connectivity index (χ4n) is 1.53. The molecule has 0 spiro atoms. The molecule has 0 aromatic heterocycles. The minimum absolute atomic E-state index is 0.322. The van der Waals surface area contributed by atoms with Crippen molar-refractivity contribution in [1.29, 1.82) is 0 Å². The summed E-state index contributed by atoms with van der Waals surface area (Å²) in [6.07, 6.45) is 9.87. The van der Waals surface area contributed by atoms with E-state index in [1.165, 1.54) is 25.7 Å². The highest BCUT2D eigenvalue weighted by Crippen LogP contribution is 2.09. The zero-order valence-electron chi connectivity index (χ0n) is 9.94. The molecule has 0 bridgehead atoms. The Morgan fingerprint density at radius 2 is 1.71 bits per heavy atom. The van der Waals surface area contributed by atoms with Crippen LogP contribution in [0.3, 0.4) is 0 Å². The molecule has 0 rings (SSSR count). The number of Topliss-reactive ketones (excluding diaryl/α,β-unsaturated/α-hetero) is 1.